The second-order valence-electron chi connectivity index (χ2n) is 5.02. The highest BCUT2D eigenvalue weighted by Crippen LogP contribution is 2.32. The molecule has 20 heavy (non-hydrogen) atoms. The number of aryl methyl sites for hydroxylation is 1. The van der Waals surface area contributed by atoms with Crippen molar-refractivity contribution in [1.29, 1.82) is 0 Å². The van der Waals surface area contributed by atoms with Crippen LogP contribution in [0.5, 0.6) is 5.75 Å². The molecule has 2 rings (SSSR count). The van der Waals surface area contributed by atoms with E-state index < -0.39 is 10.0 Å². The third-order valence-corrected chi connectivity index (χ3v) is 5.79. The summed E-state index contributed by atoms with van der Waals surface area (Å²) in [4.78, 5) is 0.220. The molecule has 7 heteroatoms. The molecule has 0 amide bonds. The van der Waals surface area contributed by atoms with Gasteiger partial charge in [-0.05, 0) is 37.5 Å². The van der Waals surface area contributed by atoms with Crippen molar-refractivity contribution in [3.63, 3.8) is 0 Å². The van der Waals surface area contributed by atoms with Gasteiger partial charge in [-0.15, -0.1) is 0 Å². The average molecular weight is 319 g/mol. The van der Waals surface area contributed by atoms with Crippen LogP contribution < -0.4 is 10.5 Å². The van der Waals surface area contributed by atoms with Gasteiger partial charge in [0.1, 0.15) is 5.75 Å². The molecule has 5 nitrogen and oxygen atoms in total. The molecule has 1 unspecified atom stereocenters. The van der Waals surface area contributed by atoms with Crippen LogP contribution in [0.1, 0.15) is 18.4 Å². The molecule has 1 saturated heterocycles. The standard InChI is InChI=1S/C13H19ClN2O3S/c1-9-6-12(19-2)11(14)7-13(9)20(17,18)16-5-3-4-10(15)8-16/h6-7,10H,3-5,8,15H2,1-2H3. The highest BCUT2D eigenvalue weighted by Gasteiger charge is 2.30. The fraction of sp³-hybridized carbons (Fsp3) is 0.538. The number of rotatable bonds is 3. The third kappa shape index (κ3) is 2.93. The zero-order valence-corrected chi connectivity index (χ0v) is 13.2. The number of nitrogens with zero attached hydrogens (tertiary/aromatic N) is 1. The molecule has 0 aromatic heterocycles. The molecule has 0 bridgehead atoms. The maximum absolute atomic E-state index is 12.7. The summed E-state index contributed by atoms with van der Waals surface area (Å²) in [6, 6.07) is 2.98. The number of nitrogens with two attached hydrogens (primary N) is 1. The number of methoxy groups -OCH3 is 1. The number of piperidine rings is 1. The minimum Gasteiger partial charge on any atom is -0.495 e. The summed E-state index contributed by atoms with van der Waals surface area (Å²) in [5.41, 5.74) is 6.48. The summed E-state index contributed by atoms with van der Waals surface area (Å²) in [6.45, 7) is 2.58. The first kappa shape index (κ1) is 15.6. The van der Waals surface area contributed by atoms with Gasteiger partial charge in [0.2, 0.25) is 10.0 Å². The Labute approximate surface area is 124 Å². The zero-order chi connectivity index (χ0) is 14.9. The van der Waals surface area contributed by atoms with Crippen molar-refractivity contribution in [2.24, 2.45) is 5.73 Å². The smallest absolute Gasteiger partial charge is 0.243 e. The Bertz CT molecular complexity index is 604. The molecule has 0 radical (unpaired) electrons. The summed E-state index contributed by atoms with van der Waals surface area (Å²) >= 11 is 6.04. The van der Waals surface area contributed by atoms with E-state index in [-0.39, 0.29) is 16.0 Å². The van der Waals surface area contributed by atoms with Crippen LogP contribution in [0.3, 0.4) is 0 Å². The second-order valence-corrected chi connectivity index (χ2v) is 7.33. The van der Waals surface area contributed by atoms with Gasteiger partial charge in [-0.2, -0.15) is 4.31 Å². The van der Waals surface area contributed by atoms with E-state index >= 15 is 0 Å². The molecule has 0 spiro atoms. The highest BCUT2D eigenvalue weighted by molar-refractivity contribution is 7.89. The fourth-order valence-corrected chi connectivity index (χ4v) is 4.48. The van der Waals surface area contributed by atoms with Crippen LogP contribution in [0.4, 0.5) is 0 Å². The predicted octanol–water partition coefficient (Wildman–Crippen LogP) is 1.77. The lowest BCUT2D eigenvalue weighted by Gasteiger charge is -2.30. The maximum Gasteiger partial charge on any atom is 0.243 e. The second kappa shape index (κ2) is 5.89. The molecule has 1 aromatic carbocycles. The van der Waals surface area contributed by atoms with Gasteiger partial charge in [0.25, 0.3) is 0 Å². The van der Waals surface area contributed by atoms with Crippen molar-refractivity contribution >= 4 is 21.6 Å². The van der Waals surface area contributed by atoms with Crippen LogP contribution in [0, 0.1) is 6.92 Å². The van der Waals surface area contributed by atoms with Gasteiger partial charge >= 0.3 is 0 Å². The van der Waals surface area contributed by atoms with Crippen LogP contribution >= 0.6 is 11.6 Å². The van der Waals surface area contributed by atoms with Gasteiger partial charge in [-0.25, -0.2) is 8.42 Å². The minimum absolute atomic E-state index is 0.104. The first-order valence-corrected chi connectivity index (χ1v) is 8.28. The monoisotopic (exact) mass is 318 g/mol. The summed E-state index contributed by atoms with van der Waals surface area (Å²) in [5.74, 6) is 0.471. The Morgan fingerprint density at radius 3 is 2.75 bits per heavy atom. The van der Waals surface area contributed by atoms with E-state index in [9.17, 15) is 8.42 Å². The number of ether oxygens (including phenoxy) is 1. The van der Waals surface area contributed by atoms with Crippen molar-refractivity contribution in [3.8, 4) is 5.75 Å². The molecule has 1 aliphatic rings. The topological polar surface area (TPSA) is 72.6 Å². The molecule has 1 aliphatic heterocycles. The highest BCUT2D eigenvalue weighted by atomic mass is 35.5. The molecule has 1 atom stereocenters. The number of sulfonamides is 1. The lowest BCUT2D eigenvalue weighted by atomic mass is 10.1. The molecular weight excluding hydrogens is 300 g/mol. The summed E-state index contributed by atoms with van der Waals surface area (Å²) in [6.07, 6.45) is 1.64. The van der Waals surface area contributed by atoms with Gasteiger partial charge in [0.15, 0.2) is 0 Å². The molecule has 1 aromatic rings. The van der Waals surface area contributed by atoms with Crippen molar-refractivity contribution in [1.82, 2.24) is 4.31 Å². The Kier molecular flexibility index (Phi) is 4.59. The van der Waals surface area contributed by atoms with Gasteiger partial charge < -0.3 is 10.5 Å². The lowest BCUT2D eigenvalue weighted by Crippen LogP contribution is -2.45. The van der Waals surface area contributed by atoms with Crippen molar-refractivity contribution in [3.05, 3.63) is 22.7 Å². The Morgan fingerprint density at radius 1 is 1.45 bits per heavy atom. The molecular formula is C13H19ClN2O3S. The predicted molar refractivity (Wildman–Crippen MR) is 78.7 cm³/mol. The van der Waals surface area contributed by atoms with Crippen LogP contribution in [0.2, 0.25) is 5.02 Å². The van der Waals surface area contributed by atoms with Crippen LogP contribution in [0.15, 0.2) is 17.0 Å². The minimum atomic E-state index is -3.56. The van der Waals surface area contributed by atoms with Crippen molar-refractivity contribution < 1.29 is 13.2 Å². The normalized spacial score (nSPS) is 20.9. The SMILES string of the molecule is COc1cc(C)c(S(=O)(=O)N2CCCC(N)C2)cc1Cl. The quantitative estimate of drug-likeness (QED) is 0.922. The summed E-state index contributed by atoms with van der Waals surface area (Å²) in [5, 5.41) is 0.290. The van der Waals surface area contributed by atoms with E-state index in [1.807, 2.05) is 0 Å². The molecule has 2 N–H and O–H groups in total. The number of hydrogen-bond donors (Lipinski definition) is 1. The maximum atomic E-state index is 12.7. The summed E-state index contributed by atoms with van der Waals surface area (Å²) in [7, 11) is -2.06. The number of halogens is 1. The number of hydrogen-bond acceptors (Lipinski definition) is 4. The van der Waals surface area contributed by atoms with E-state index in [0.717, 1.165) is 12.8 Å². The fourth-order valence-electron chi connectivity index (χ4n) is 2.40. The largest absolute Gasteiger partial charge is 0.495 e. The number of benzene rings is 1. The van der Waals surface area contributed by atoms with E-state index in [1.165, 1.54) is 17.5 Å². The molecule has 1 heterocycles. The van der Waals surface area contributed by atoms with Gasteiger partial charge in [0.05, 0.1) is 17.0 Å². The summed E-state index contributed by atoms with van der Waals surface area (Å²) < 4.78 is 31.9. The van der Waals surface area contributed by atoms with E-state index in [4.69, 9.17) is 22.1 Å². The Balaban J connectivity index is 2.41. The van der Waals surface area contributed by atoms with Gasteiger partial charge in [-0.3, -0.25) is 0 Å². The van der Waals surface area contributed by atoms with Crippen molar-refractivity contribution in [2.45, 2.75) is 30.7 Å². The van der Waals surface area contributed by atoms with E-state index in [0.29, 0.717) is 24.4 Å². The third-order valence-electron chi connectivity index (χ3n) is 3.49. The molecule has 1 fully saturated rings. The van der Waals surface area contributed by atoms with Crippen LogP contribution in [0.25, 0.3) is 0 Å². The molecule has 0 aliphatic carbocycles. The Morgan fingerprint density at radius 2 is 2.15 bits per heavy atom. The van der Waals surface area contributed by atoms with Crippen LogP contribution in [-0.4, -0.2) is 39.0 Å². The average Bonchev–Trinajstić information content (AvgIpc) is 2.40. The zero-order valence-electron chi connectivity index (χ0n) is 11.6. The van der Waals surface area contributed by atoms with Crippen molar-refractivity contribution in [2.75, 3.05) is 20.2 Å². The lowest BCUT2D eigenvalue weighted by molar-refractivity contribution is 0.316. The van der Waals surface area contributed by atoms with Gasteiger partial charge in [-0.1, -0.05) is 11.6 Å². The first-order valence-electron chi connectivity index (χ1n) is 6.46. The molecule has 112 valence electrons. The van der Waals surface area contributed by atoms with Gasteiger partial charge in [0, 0.05) is 19.1 Å². The Hall–Kier alpha value is -0.820. The van der Waals surface area contributed by atoms with Crippen LogP contribution in [-0.2, 0) is 10.0 Å². The van der Waals surface area contributed by atoms with E-state index in [2.05, 4.69) is 0 Å². The van der Waals surface area contributed by atoms with E-state index in [1.54, 1.807) is 13.0 Å². The molecule has 0 saturated carbocycles. The first-order chi connectivity index (χ1) is 9.36.